The minimum Gasteiger partial charge on any atom is -0.324 e. The average molecular weight is 207 g/mol. The summed E-state index contributed by atoms with van der Waals surface area (Å²) in [5, 5.41) is 0. The van der Waals surface area contributed by atoms with Gasteiger partial charge in [-0.15, -0.1) is 0 Å². The van der Waals surface area contributed by atoms with Crippen molar-refractivity contribution in [2.75, 3.05) is 20.1 Å². The number of pyridine rings is 1. The molecule has 0 bridgehead atoms. The zero-order valence-corrected chi connectivity index (χ0v) is 9.90. The van der Waals surface area contributed by atoms with E-state index in [1.54, 1.807) is 0 Å². The molecule has 0 amide bonds. The van der Waals surface area contributed by atoms with Crippen LogP contribution in [0.25, 0.3) is 0 Å². The van der Waals surface area contributed by atoms with E-state index < -0.39 is 0 Å². The Balaban J connectivity index is 2.32. The van der Waals surface area contributed by atoms with E-state index in [1.807, 2.05) is 12.4 Å². The Morgan fingerprint density at radius 2 is 1.93 bits per heavy atom. The van der Waals surface area contributed by atoms with Crippen LogP contribution in [0.1, 0.15) is 19.4 Å². The highest BCUT2D eigenvalue weighted by Gasteiger charge is 2.13. The lowest BCUT2D eigenvalue weighted by Crippen LogP contribution is -2.44. The average Bonchev–Trinajstić information content (AvgIpc) is 2.14. The Morgan fingerprint density at radius 1 is 1.33 bits per heavy atom. The van der Waals surface area contributed by atoms with Gasteiger partial charge in [0.05, 0.1) is 0 Å². The molecule has 0 atom stereocenters. The zero-order valence-electron chi connectivity index (χ0n) is 9.90. The second-order valence-electron chi connectivity index (χ2n) is 4.83. The summed E-state index contributed by atoms with van der Waals surface area (Å²) in [7, 11) is 2.11. The first-order valence-electron chi connectivity index (χ1n) is 5.34. The van der Waals surface area contributed by atoms with Crippen molar-refractivity contribution in [3.63, 3.8) is 0 Å². The standard InChI is InChI=1S/C12H21N3/c1-12(2,13)10-15(3)9-6-11-4-7-14-8-5-11/h4-5,7-8H,6,9-10,13H2,1-3H3. The van der Waals surface area contributed by atoms with Crippen LogP contribution in [-0.4, -0.2) is 35.6 Å². The lowest BCUT2D eigenvalue weighted by Gasteiger charge is -2.26. The van der Waals surface area contributed by atoms with Gasteiger partial charge < -0.3 is 10.6 Å². The summed E-state index contributed by atoms with van der Waals surface area (Å²) in [4.78, 5) is 6.26. The zero-order chi connectivity index (χ0) is 11.3. The number of rotatable bonds is 5. The molecule has 0 unspecified atom stereocenters. The van der Waals surface area contributed by atoms with Crippen LogP contribution < -0.4 is 5.73 Å². The molecule has 2 N–H and O–H groups in total. The van der Waals surface area contributed by atoms with Gasteiger partial charge in [-0.3, -0.25) is 4.98 Å². The molecule has 0 saturated carbocycles. The maximum Gasteiger partial charge on any atom is 0.0270 e. The molecular weight excluding hydrogens is 186 g/mol. The number of likely N-dealkylation sites (N-methyl/N-ethyl adjacent to an activating group) is 1. The van der Waals surface area contributed by atoms with Crippen molar-refractivity contribution >= 4 is 0 Å². The Bertz CT molecular complexity index is 277. The molecule has 0 saturated heterocycles. The summed E-state index contributed by atoms with van der Waals surface area (Å²) in [6.07, 6.45) is 4.72. The molecule has 0 aliphatic rings. The van der Waals surface area contributed by atoms with E-state index in [4.69, 9.17) is 5.73 Å². The van der Waals surface area contributed by atoms with Gasteiger partial charge in [-0.05, 0) is 45.0 Å². The number of aromatic nitrogens is 1. The highest BCUT2D eigenvalue weighted by molar-refractivity contribution is 5.09. The maximum absolute atomic E-state index is 5.95. The summed E-state index contributed by atoms with van der Waals surface area (Å²) in [5.74, 6) is 0. The second-order valence-corrected chi connectivity index (χ2v) is 4.83. The Labute approximate surface area is 92.3 Å². The highest BCUT2D eigenvalue weighted by atomic mass is 15.1. The molecule has 1 heterocycles. The van der Waals surface area contributed by atoms with Crippen LogP contribution in [0, 0.1) is 0 Å². The third-order valence-electron chi connectivity index (χ3n) is 2.21. The maximum atomic E-state index is 5.95. The molecule has 15 heavy (non-hydrogen) atoms. The minimum atomic E-state index is -0.118. The summed E-state index contributed by atoms with van der Waals surface area (Å²) >= 11 is 0. The van der Waals surface area contributed by atoms with Crippen molar-refractivity contribution in [2.45, 2.75) is 25.8 Å². The minimum absolute atomic E-state index is 0.118. The van der Waals surface area contributed by atoms with Crippen LogP contribution in [0.15, 0.2) is 24.5 Å². The van der Waals surface area contributed by atoms with Gasteiger partial charge in [0.25, 0.3) is 0 Å². The van der Waals surface area contributed by atoms with E-state index in [9.17, 15) is 0 Å². The van der Waals surface area contributed by atoms with Crippen LogP contribution in [0.5, 0.6) is 0 Å². The van der Waals surface area contributed by atoms with Crippen molar-refractivity contribution in [1.82, 2.24) is 9.88 Å². The van der Waals surface area contributed by atoms with Gasteiger partial charge >= 0.3 is 0 Å². The lowest BCUT2D eigenvalue weighted by atomic mass is 10.1. The molecule has 1 aromatic rings. The number of hydrogen-bond donors (Lipinski definition) is 1. The SMILES string of the molecule is CN(CCc1ccncc1)CC(C)(C)N. The van der Waals surface area contributed by atoms with Crippen LogP contribution in [-0.2, 0) is 6.42 Å². The third kappa shape index (κ3) is 5.50. The van der Waals surface area contributed by atoms with Gasteiger partial charge in [0, 0.05) is 31.0 Å². The van der Waals surface area contributed by atoms with Crippen LogP contribution in [0.2, 0.25) is 0 Å². The molecule has 0 aliphatic heterocycles. The number of nitrogens with zero attached hydrogens (tertiary/aromatic N) is 2. The molecular formula is C12H21N3. The third-order valence-corrected chi connectivity index (χ3v) is 2.21. The molecule has 3 nitrogen and oxygen atoms in total. The summed E-state index contributed by atoms with van der Waals surface area (Å²) in [5.41, 5.74) is 7.16. The van der Waals surface area contributed by atoms with Gasteiger partial charge in [0.1, 0.15) is 0 Å². The Hall–Kier alpha value is -0.930. The predicted octanol–water partition coefficient (Wildman–Crippen LogP) is 1.29. The van der Waals surface area contributed by atoms with Crippen molar-refractivity contribution < 1.29 is 0 Å². The van der Waals surface area contributed by atoms with E-state index in [1.165, 1.54) is 5.56 Å². The number of nitrogens with two attached hydrogens (primary N) is 1. The quantitative estimate of drug-likeness (QED) is 0.791. The molecule has 0 spiro atoms. The monoisotopic (exact) mass is 207 g/mol. The van der Waals surface area contributed by atoms with Gasteiger partial charge in [-0.25, -0.2) is 0 Å². The first kappa shape index (κ1) is 12.1. The van der Waals surface area contributed by atoms with Gasteiger partial charge in [0.15, 0.2) is 0 Å². The highest BCUT2D eigenvalue weighted by Crippen LogP contribution is 2.02. The van der Waals surface area contributed by atoms with E-state index in [0.29, 0.717) is 0 Å². The Morgan fingerprint density at radius 3 is 2.47 bits per heavy atom. The summed E-state index contributed by atoms with van der Waals surface area (Å²) in [6, 6.07) is 4.11. The predicted molar refractivity (Wildman–Crippen MR) is 63.7 cm³/mol. The van der Waals surface area contributed by atoms with Crippen molar-refractivity contribution in [1.29, 1.82) is 0 Å². The fourth-order valence-electron chi connectivity index (χ4n) is 1.64. The fourth-order valence-corrected chi connectivity index (χ4v) is 1.64. The van der Waals surface area contributed by atoms with Crippen LogP contribution in [0.3, 0.4) is 0 Å². The molecule has 0 radical (unpaired) electrons. The molecule has 84 valence electrons. The van der Waals surface area contributed by atoms with Crippen LogP contribution >= 0.6 is 0 Å². The van der Waals surface area contributed by atoms with E-state index >= 15 is 0 Å². The smallest absolute Gasteiger partial charge is 0.0270 e. The summed E-state index contributed by atoms with van der Waals surface area (Å²) < 4.78 is 0. The van der Waals surface area contributed by atoms with Crippen LogP contribution in [0.4, 0.5) is 0 Å². The second kappa shape index (κ2) is 5.24. The molecule has 3 heteroatoms. The van der Waals surface area contributed by atoms with Crippen molar-refractivity contribution in [2.24, 2.45) is 5.73 Å². The first-order valence-corrected chi connectivity index (χ1v) is 5.34. The fraction of sp³-hybridized carbons (Fsp3) is 0.583. The lowest BCUT2D eigenvalue weighted by molar-refractivity contribution is 0.273. The van der Waals surface area contributed by atoms with Gasteiger partial charge in [-0.1, -0.05) is 0 Å². The van der Waals surface area contributed by atoms with Crippen molar-refractivity contribution in [3.8, 4) is 0 Å². The van der Waals surface area contributed by atoms with Crippen molar-refractivity contribution in [3.05, 3.63) is 30.1 Å². The van der Waals surface area contributed by atoms with E-state index in [0.717, 1.165) is 19.5 Å². The molecule has 0 aromatic carbocycles. The van der Waals surface area contributed by atoms with E-state index in [2.05, 4.69) is 42.9 Å². The topological polar surface area (TPSA) is 42.2 Å². The molecule has 0 fully saturated rings. The van der Waals surface area contributed by atoms with E-state index in [-0.39, 0.29) is 5.54 Å². The largest absolute Gasteiger partial charge is 0.324 e. The van der Waals surface area contributed by atoms with Gasteiger partial charge in [0.2, 0.25) is 0 Å². The molecule has 0 aliphatic carbocycles. The normalized spacial score (nSPS) is 12.1. The molecule has 1 aromatic heterocycles. The molecule has 1 rings (SSSR count). The Kier molecular flexibility index (Phi) is 4.24. The first-order chi connectivity index (χ1) is 6.97. The number of hydrogen-bond acceptors (Lipinski definition) is 3. The van der Waals surface area contributed by atoms with Gasteiger partial charge in [-0.2, -0.15) is 0 Å². The summed E-state index contributed by atoms with van der Waals surface area (Å²) in [6.45, 7) is 6.05.